The van der Waals surface area contributed by atoms with Gasteiger partial charge < -0.3 is 5.73 Å². The highest BCUT2D eigenvalue weighted by Crippen LogP contribution is 2.36. The van der Waals surface area contributed by atoms with E-state index in [1.54, 1.807) is 19.9 Å². The monoisotopic (exact) mass is 415 g/mol. The first kappa shape index (κ1) is 18.5. The Balaban J connectivity index is 2.00. The predicted octanol–water partition coefficient (Wildman–Crippen LogP) is 2.56. The molecule has 3 heterocycles. The maximum atomic E-state index is 12.6. The molecule has 2 N–H and O–H groups in total. The normalized spacial score (nSPS) is 15.4. The first-order chi connectivity index (χ1) is 13.2. The Labute approximate surface area is 165 Å². The highest BCUT2D eigenvalue weighted by molar-refractivity contribution is 7.91. The standard InChI is InChI=1S/C18H17N5O3S2/c1-9(2)28(25,26)18-22-27-17-21-16(24)13(15(19)23(17)18)8-12-10(3)20-14-7-5-4-6-11(12)14/h4-9H,19H2,1-3H3. The number of hydrogen-bond donors (Lipinski definition) is 1. The van der Waals surface area contributed by atoms with Crippen LogP contribution in [0.15, 0.2) is 39.2 Å². The number of fused-ring (bicyclic) bond motifs is 2. The molecule has 0 spiro atoms. The Morgan fingerprint density at radius 3 is 2.68 bits per heavy atom. The lowest BCUT2D eigenvalue weighted by Crippen LogP contribution is -2.21. The number of benzene rings is 1. The van der Waals surface area contributed by atoms with Crippen LogP contribution < -0.4 is 11.3 Å². The van der Waals surface area contributed by atoms with Gasteiger partial charge in [-0.1, -0.05) is 18.2 Å². The summed E-state index contributed by atoms with van der Waals surface area (Å²) in [5.41, 5.74) is 8.98. The van der Waals surface area contributed by atoms with Crippen LogP contribution in [0.1, 0.15) is 31.9 Å². The number of aliphatic imine (C=N–C) groups is 1. The van der Waals surface area contributed by atoms with E-state index in [2.05, 4.69) is 14.3 Å². The molecule has 0 aliphatic carbocycles. The van der Waals surface area contributed by atoms with Crippen LogP contribution in [-0.4, -0.2) is 33.1 Å². The fourth-order valence-corrected chi connectivity index (χ4v) is 5.06. The fraction of sp³-hybridized carbons (Fsp3) is 0.222. The number of sulfone groups is 1. The number of anilines is 1. The molecular weight excluding hydrogens is 398 g/mol. The van der Waals surface area contributed by atoms with Crippen LogP contribution in [0.3, 0.4) is 0 Å². The summed E-state index contributed by atoms with van der Waals surface area (Å²) in [6.07, 6.45) is 1.62. The minimum atomic E-state index is -3.70. The molecule has 4 rings (SSSR count). The number of nitrogens with two attached hydrogens (primary N) is 1. The van der Waals surface area contributed by atoms with Gasteiger partial charge in [0.1, 0.15) is 5.82 Å². The number of allylic oxidation sites excluding steroid dienone is 1. The van der Waals surface area contributed by atoms with Crippen molar-refractivity contribution < 1.29 is 8.42 Å². The summed E-state index contributed by atoms with van der Waals surface area (Å²) >= 11 is 0.825. The maximum absolute atomic E-state index is 12.6. The van der Waals surface area contributed by atoms with Crippen LogP contribution in [0.4, 0.5) is 11.5 Å². The largest absolute Gasteiger partial charge is 0.384 e. The van der Waals surface area contributed by atoms with E-state index in [9.17, 15) is 13.2 Å². The van der Waals surface area contributed by atoms with E-state index in [-0.39, 0.29) is 21.5 Å². The van der Waals surface area contributed by atoms with Crippen molar-refractivity contribution in [1.29, 1.82) is 0 Å². The zero-order chi connectivity index (χ0) is 20.2. The van der Waals surface area contributed by atoms with Crippen molar-refractivity contribution in [2.75, 3.05) is 5.73 Å². The molecule has 0 bridgehead atoms. The molecule has 144 valence electrons. The van der Waals surface area contributed by atoms with Crippen LogP contribution in [0.2, 0.25) is 0 Å². The third-order valence-electron chi connectivity index (χ3n) is 4.57. The summed E-state index contributed by atoms with van der Waals surface area (Å²) in [6.45, 7) is 4.96. The summed E-state index contributed by atoms with van der Waals surface area (Å²) in [5, 5.41) is -0.890. The summed E-state index contributed by atoms with van der Waals surface area (Å²) < 4.78 is 30.5. The fourth-order valence-electron chi connectivity index (χ4n) is 2.98. The zero-order valence-corrected chi connectivity index (χ0v) is 17.0. The minimum Gasteiger partial charge on any atom is -0.384 e. The Morgan fingerprint density at radius 2 is 1.96 bits per heavy atom. The summed E-state index contributed by atoms with van der Waals surface area (Å²) in [6, 6.07) is 7.55. The van der Waals surface area contributed by atoms with E-state index in [1.165, 1.54) is 4.40 Å². The van der Waals surface area contributed by atoms with Crippen LogP contribution in [0.25, 0.3) is 16.6 Å². The average Bonchev–Trinajstić information content (AvgIpc) is 3.19. The molecule has 0 fully saturated rings. The average molecular weight is 416 g/mol. The smallest absolute Gasteiger partial charge is 0.283 e. The van der Waals surface area contributed by atoms with Gasteiger partial charge in [0, 0.05) is 28.4 Å². The highest BCUT2D eigenvalue weighted by atomic mass is 32.2. The van der Waals surface area contributed by atoms with Crippen LogP contribution in [-0.2, 0) is 9.84 Å². The molecule has 1 aliphatic rings. The lowest BCUT2D eigenvalue weighted by Gasteiger charge is -2.09. The summed E-state index contributed by atoms with van der Waals surface area (Å²) in [4.78, 5) is 21.2. The van der Waals surface area contributed by atoms with Gasteiger partial charge in [0.05, 0.1) is 16.5 Å². The van der Waals surface area contributed by atoms with Crippen LogP contribution in [0, 0.1) is 0 Å². The molecule has 10 heteroatoms. The SMILES string of the molecule is CC1=Nc2ccccc2C1=Cc1c(N)n2c(S(=O)(=O)C(C)C)nsc2nc1=O. The van der Waals surface area contributed by atoms with Crippen LogP contribution in [0.5, 0.6) is 0 Å². The number of para-hydroxylation sites is 1. The third-order valence-corrected chi connectivity index (χ3v) is 7.41. The number of rotatable bonds is 3. The summed E-state index contributed by atoms with van der Waals surface area (Å²) in [5.74, 6) is -0.00680. The molecule has 2 aromatic heterocycles. The van der Waals surface area contributed by atoms with Crippen molar-refractivity contribution in [3.8, 4) is 0 Å². The topological polar surface area (TPSA) is 120 Å². The molecule has 0 radical (unpaired) electrons. The lowest BCUT2D eigenvalue weighted by atomic mass is 10.0. The second-order valence-electron chi connectivity index (χ2n) is 6.67. The first-order valence-corrected chi connectivity index (χ1v) is 10.8. The Bertz CT molecular complexity index is 1350. The van der Waals surface area contributed by atoms with Crippen molar-refractivity contribution in [3.63, 3.8) is 0 Å². The van der Waals surface area contributed by atoms with Gasteiger partial charge in [0.25, 0.3) is 5.56 Å². The van der Waals surface area contributed by atoms with E-state index in [0.717, 1.165) is 34.1 Å². The molecule has 8 nitrogen and oxygen atoms in total. The molecular formula is C18H17N5O3S2. The van der Waals surface area contributed by atoms with Gasteiger partial charge in [-0.3, -0.25) is 9.79 Å². The molecule has 0 unspecified atom stereocenters. The van der Waals surface area contributed by atoms with E-state index < -0.39 is 20.6 Å². The molecule has 28 heavy (non-hydrogen) atoms. The Morgan fingerprint density at radius 1 is 1.25 bits per heavy atom. The van der Waals surface area contributed by atoms with Crippen molar-refractivity contribution in [1.82, 2.24) is 13.8 Å². The minimum absolute atomic E-state index is 0.00680. The molecule has 3 aromatic rings. The van der Waals surface area contributed by atoms with Crippen molar-refractivity contribution in [2.45, 2.75) is 31.2 Å². The quantitative estimate of drug-likeness (QED) is 0.702. The number of aromatic nitrogens is 3. The predicted molar refractivity (Wildman–Crippen MR) is 111 cm³/mol. The van der Waals surface area contributed by atoms with Crippen molar-refractivity contribution in [3.05, 3.63) is 45.7 Å². The van der Waals surface area contributed by atoms with Crippen molar-refractivity contribution in [2.24, 2.45) is 4.99 Å². The van der Waals surface area contributed by atoms with E-state index in [1.807, 2.05) is 31.2 Å². The van der Waals surface area contributed by atoms with Gasteiger partial charge in [-0.25, -0.2) is 12.8 Å². The molecule has 0 amide bonds. The number of nitrogens with zero attached hydrogens (tertiary/aromatic N) is 4. The van der Waals surface area contributed by atoms with E-state index in [0.29, 0.717) is 0 Å². The van der Waals surface area contributed by atoms with Crippen LogP contribution >= 0.6 is 11.5 Å². The molecule has 0 atom stereocenters. The number of nitrogen functional groups attached to an aromatic ring is 1. The first-order valence-electron chi connectivity index (χ1n) is 8.50. The van der Waals surface area contributed by atoms with Gasteiger partial charge in [0.15, 0.2) is 0 Å². The Hall–Kier alpha value is -2.85. The van der Waals surface area contributed by atoms with E-state index >= 15 is 0 Å². The Kier molecular flexibility index (Phi) is 4.20. The molecule has 1 aliphatic heterocycles. The second kappa shape index (κ2) is 6.35. The highest BCUT2D eigenvalue weighted by Gasteiger charge is 2.28. The third kappa shape index (κ3) is 2.68. The maximum Gasteiger partial charge on any atom is 0.283 e. The van der Waals surface area contributed by atoms with Gasteiger partial charge >= 0.3 is 0 Å². The molecule has 0 saturated heterocycles. The summed E-state index contributed by atoms with van der Waals surface area (Å²) in [7, 11) is -3.70. The molecule has 0 saturated carbocycles. The molecule has 1 aromatic carbocycles. The van der Waals surface area contributed by atoms with Gasteiger partial charge in [-0.05, 0) is 32.9 Å². The lowest BCUT2D eigenvalue weighted by molar-refractivity contribution is 0.578. The van der Waals surface area contributed by atoms with Crippen molar-refractivity contribution >= 4 is 55.2 Å². The zero-order valence-electron chi connectivity index (χ0n) is 15.4. The van der Waals surface area contributed by atoms with Gasteiger partial charge in [-0.2, -0.15) is 9.36 Å². The second-order valence-corrected chi connectivity index (χ2v) is 9.79. The number of hydrogen-bond acceptors (Lipinski definition) is 8. The van der Waals surface area contributed by atoms with E-state index in [4.69, 9.17) is 5.73 Å². The van der Waals surface area contributed by atoms with Gasteiger partial charge in [-0.15, -0.1) is 0 Å². The van der Waals surface area contributed by atoms with Gasteiger partial charge in [0.2, 0.25) is 20.0 Å².